The predicted molar refractivity (Wildman–Crippen MR) is 199 cm³/mol. The number of carbonyl (C=O) groups excluding carboxylic acids is 1. The molecule has 4 nitrogen and oxygen atoms in total. The second kappa shape index (κ2) is 37.6. The van der Waals surface area contributed by atoms with Crippen LogP contribution in [-0.2, 0) is 14.3 Å². The lowest BCUT2D eigenvalue weighted by atomic mass is 10.0. The molecule has 4 heteroatoms. The number of ether oxygens (including phenoxy) is 1. The van der Waals surface area contributed by atoms with Gasteiger partial charge in [0.05, 0.1) is 0 Å². The van der Waals surface area contributed by atoms with Gasteiger partial charge < -0.3 is 9.84 Å². The fourth-order valence-corrected chi connectivity index (χ4v) is 5.84. The molecule has 0 aromatic heterocycles. The third kappa shape index (κ3) is 36.6. The van der Waals surface area contributed by atoms with Gasteiger partial charge in [-0.15, -0.1) is 0 Å². The van der Waals surface area contributed by atoms with Crippen molar-refractivity contribution < 1.29 is 19.4 Å². The molecule has 46 heavy (non-hydrogen) atoms. The van der Waals surface area contributed by atoms with Crippen LogP contribution < -0.4 is 0 Å². The van der Waals surface area contributed by atoms with Gasteiger partial charge in [0.1, 0.15) is 6.10 Å². The summed E-state index contributed by atoms with van der Waals surface area (Å²) in [5.41, 5.74) is 0. The maximum atomic E-state index is 12.5. The Kier molecular flexibility index (Phi) is 36.1. The number of esters is 1. The maximum Gasteiger partial charge on any atom is 0.306 e. The Morgan fingerprint density at radius 1 is 0.478 bits per heavy atom. The Morgan fingerprint density at radius 2 is 0.870 bits per heavy atom. The molecule has 0 aliphatic carbocycles. The Labute approximate surface area is 286 Å². The van der Waals surface area contributed by atoms with Crippen molar-refractivity contribution in [2.24, 2.45) is 0 Å². The first-order valence-electron chi connectivity index (χ1n) is 20.0. The SMILES string of the molecule is CCCCC/C=C\C/C=C\CCCC/C=C\CCCCCCCC(=O)OC(CCCC)CCCCCCCCCCCCC(=O)O. The van der Waals surface area contributed by atoms with Crippen molar-refractivity contribution in [3.05, 3.63) is 36.5 Å². The van der Waals surface area contributed by atoms with Crippen LogP contribution in [0, 0.1) is 0 Å². The lowest BCUT2D eigenvalue weighted by Crippen LogP contribution is -2.18. The molecule has 0 saturated carbocycles. The first kappa shape index (κ1) is 44.2. The number of carboxylic acid groups (broad SMARTS) is 1. The van der Waals surface area contributed by atoms with Gasteiger partial charge in [0.2, 0.25) is 0 Å². The highest BCUT2D eigenvalue weighted by atomic mass is 16.5. The third-order valence-electron chi connectivity index (χ3n) is 8.83. The second-order valence-corrected chi connectivity index (χ2v) is 13.5. The molecule has 0 fully saturated rings. The summed E-state index contributed by atoms with van der Waals surface area (Å²) in [7, 11) is 0. The molecule has 0 aliphatic rings. The van der Waals surface area contributed by atoms with Crippen LogP contribution in [0.4, 0.5) is 0 Å². The molecule has 0 radical (unpaired) electrons. The van der Waals surface area contributed by atoms with E-state index < -0.39 is 5.97 Å². The largest absolute Gasteiger partial charge is 0.481 e. The first-order valence-corrected chi connectivity index (χ1v) is 20.0. The van der Waals surface area contributed by atoms with Gasteiger partial charge in [-0.25, -0.2) is 0 Å². The van der Waals surface area contributed by atoms with E-state index in [9.17, 15) is 9.59 Å². The molecule has 0 amide bonds. The van der Waals surface area contributed by atoms with Crippen molar-refractivity contribution in [3.8, 4) is 0 Å². The van der Waals surface area contributed by atoms with Crippen LogP contribution in [0.1, 0.15) is 213 Å². The molecular formula is C42H76O4. The summed E-state index contributed by atoms with van der Waals surface area (Å²) in [4.78, 5) is 23.0. The molecule has 0 aliphatic heterocycles. The van der Waals surface area contributed by atoms with E-state index in [4.69, 9.17) is 9.84 Å². The molecule has 0 saturated heterocycles. The molecule has 0 aromatic carbocycles. The number of allylic oxidation sites excluding steroid dienone is 6. The van der Waals surface area contributed by atoms with Gasteiger partial charge in [-0.2, -0.15) is 0 Å². The van der Waals surface area contributed by atoms with Crippen LogP contribution in [0.5, 0.6) is 0 Å². The molecule has 0 aromatic rings. The van der Waals surface area contributed by atoms with Gasteiger partial charge >= 0.3 is 11.9 Å². The molecule has 268 valence electrons. The van der Waals surface area contributed by atoms with E-state index in [0.717, 1.165) is 70.6 Å². The van der Waals surface area contributed by atoms with Crippen LogP contribution in [-0.4, -0.2) is 23.1 Å². The van der Waals surface area contributed by atoms with Crippen LogP contribution in [0.2, 0.25) is 0 Å². The Hall–Kier alpha value is -1.84. The van der Waals surface area contributed by atoms with E-state index in [-0.39, 0.29) is 12.1 Å². The number of aliphatic carboxylic acids is 1. The van der Waals surface area contributed by atoms with E-state index in [1.54, 1.807) is 0 Å². The highest BCUT2D eigenvalue weighted by Gasteiger charge is 2.13. The zero-order valence-electron chi connectivity index (χ0n) is 30.6. The molecular weight excluding hydrogens is 568 g/mol. The van der Waals surface area contributed by atoms with E-state index in [2.05, 4.69) is 50.3 Å². The summed E-state index contributed by atoms with van der Waals surface area (Å²) < 4.78 is 5.91. The van der Waals surface area contributed by atoms with Crippen molar-refractivity contribution in [2.75, 3.05) is 0 Å². The molecule has 0 bridgehead atoms. The Bertz CT molecular complexity index is 738. The topological polar surface area (TPSA) is 63.6 Å². The molecule has 0 rings (SSSR count). The van der Waals surface area contributed by atoms with Gasteiger partial charge in [-0.05, 0) is 89.9 Å². The van der Waals surface area contributed by atoms with E-state index in [1.165, 1.54) is 116 Å². The molecule has 0 spiro atoms. The summed E-state index contributed by atoms with van der Waals surface area (Å²) in [6.07, 6.45) is 49.3. The molecule has 1 unspecified atom stereocenters. The van der Waals surface area contributed by atoms with Gasteiger partial charge in [0.25, 0.3) is 0 Å². The van der Waals surface area contributed by atoms with Crippen molar-refractivity contribution >= 4 is 11.9 Å². The number of carboxylic acids is 1. The number of hydrogen-bond donors (Lipinski definition) is 1. The monoisotopic (exact) mass is 645 g/mol. The normalized spacial score (nSPS) is 12.6. The van der Waals surface area contributed by atoms with Crippen LogP contribution in [0.3, 0.4) is 0 Å². The zero-order valence-corrected chi connectivity index (χ0v) is 30.6. The zero-order chi connectivity index (χ0) is 33.6. The van der Waals surface area contributed by atoms with Crippen molar-refractivity contribution in [1.82, 2.24) is 0 Å². The Morgan fingerprint density at radius 3 is 1.39 bits per heavy atom. The van der Waals surface area contributed by atoms with E-state index >= 15 is 0 Å². The highest BCUT2D eigenvalue weighted by Crippen LogP contribution is 2.18. The number of unbranched alkanes of at least 4 members (excludes halogenated alkanes) is 21. The van der Waals surface area contributed by atoms with Gasteiger partial charge in [-0.1, -0.05) is 147 Å². The van der Waals surface area contributed by atoms with Gasteiger partial charge in [0.15, 0.2) is 0 Å². The average Bonchev–Trinajstić information content (AvgIpc) is 3.04. The smallest absolute Gasteiger partial charge is 0.306 e. The summed E-state index contributed by atoms with van der Waals surface area (Å²) >= 11 is 0. The van der Waals surface area contributed by atoms with Crippen molar-refractivity contribution in [1.29, 1.82) is 0 Å². The minimum Gasteiger partial charge on any atom is -0.481 e. The van der Waals surface area contributed by atoms with Gasteiger partial charge in [0, 0.05) is 12.8 Å². The number of rotatable bonds is 36. The summed E-state index contributed by atoms with van der Waals surface area (Å²) in [6.45, 7) is 4.46. The molecule has 1 N–H and O–H groups in total. The minimum atomic E-state index is -0.677. The van der Waals surface area contributed by atoms with E-state index in [1.807, 2.05) is 0 Å². The molecule has 0 heterocycles. The quantitative estimate of drug-likeness (QED) is 0.0419. The third-order valence-corrected chi connectivity index (χ3v) is 8.83. The maximum absolute atomic E-state index is 12.5. The Balaban J connectivity index is 3.65. The lowest BCUT2D eigenvalue weighted by molar-refractivity contribution is -0.150. The number of carbonyl (C=O) groups is 2. The minimum absolute atomic E-state index is 0.0116. The standard InChI is InChI=1S/C42H76O4/c1-3-5-7-8-9-10-11-12-13-14-15-16-17-18-19-20-21-26-29-32-35-39-42(45)46-40(36-6-4-2)37-33-30-27-24-22-23-25-28-31-34-38-41(43)44/h9-10,12-13,18-19,40H,3-8,11,14-17,20-39H2,1-2H3,(H,43,44)/b10-9-,13-12-,19-18-. The first-order chi connectivity index (χ1) is 22.6. The summed E-state index contributed by atoms with van der Waals surface area (Å²) in [6, 6.07) is 0. The lowest BCUT2D eigenvalue weighted by Gasteiger charge is -2.18. The van der Waals surface area contributed by atoms with Crippen molar-refractivity contribution in [3.63, 3.8) is 0 Å². The fraction of sp³-hybridized carbons (Fsp3) is 0.810. The molecule has 1 atom stereocenters. The second-order valence-electron chi connectivity index (χ2n) is 13.5. The van der Waals surface area contributed by atoms with Crippen LogP contribution in [0.15, 0.2) is 36.5 Å². The van der Waals surface area contributed by atoms with Crippen LogP contribution >= 0.6 is 0 Å². The number of hydrogen-bond acceptors (Lipinski definition) is 3. The summed E-state index contributed by atoms with van der Waals surface area (Å²) in [5, 5.41) is 8.68. The van der Waals surface area contributed by atoms with E-state index in [0.29, 0.717) is 12.8 Å². The van der Waals surface area contributed by atoms with Gasteiger partial charge in [-0.3, -0.25) is 9.59 Å². The van der Waals surface area contributed by atoms with Crippen molar-refractivity contribution in [2.45, 2.75) is 219 Å². The fourth-order valence-electron chi connectivity index (χ4n) is 5.84. The highest BCUT2D eigenvalue weighted by molar-refractivity contribution is 5.69. The van der Waals surface area contributed by atoms with Crippen LogP contribution in [0.25, 0.3) is 0 Å². The predicted octanol–water partition coefficient (Wildman–Crippen LogP) is 13.8. The summed E-state index contributed by atoms with van der Waals surface area (Å²) in [5.74, 6) is -0.665. The average molecular weight is 645 g/mol.